The molecule has 106 valence electrons. The van der Waals surface area contributed by atoms with Crippen LogP contribution in [0, 0.1) is 6.92 Å². The van der Waals surface area contributed by atoms with E-state index in [1.54, 1.807) is 0 Å². The Balaban J connectivity index is 1.85. The third-order valence-corrected chi connectivity index (χ3v) is 5.41. The zero-order valence-corrected chi connectivity index (χ0v) is 12.6. The summed E-state index contributed by atoms with van der Waals surface area (Å²) < 4.78 is 2.40. The van der Waals surface area contributed by atoms with Crippen LogP contribution in [-0.4, -0.2) is 9.55 Å². The first-order valence-electron chi connectivity index (χ1n) is 8.30. The summed E-state index contributed by atoms with van der Waals surface area (Å²) in [6.07, 6.45) is 13.9. The van der Waals surface area contributed by atoms with Gasteiger partial charge in [-0.05, 0) is 32.6 Å². The van der Waals surface area contributed by atoms with E-state index in [9.17, 15) is 0 Å². The van der Waals surface area contributed by atoms with Crippen molar-refractivity contribution in [3.05, 3.63) is 17.2 Å². The Morgan fingerprint density at radius 3 is 1.95 bits per heavy atom. The summed E-state index contributed by atoms with van der Waals surface area (Å²) >= 11 is 0. The van der Waals surface area contributed by atoms with Gasteiger partial charge in [0.2, 0.25) is 0 Å². The van der Waals surface area contributed by atoms with Gasteiger partial charge in [-0.2, -0.15) is 0 Å². The number of nitrogens with zero attached hydrogens (tertiary/aromatic N) is 2. The molecule has 0 radical (unpaired) electrons. The highest BCUT2D eigenvalue weighted by Crippen LogP contribution is 2.37. The summed E-state index contributed by atoms with van der Waals surface area (Å²) in [5.41, 5.74) is 2.87. The van der Waals surface area contributed by atoms with Crippen LogP contribution in [0.1, 0.15) is 93.3 Å². The van der Waals surface area contributed by atoms with E-state index in [1.807, 2.05) is 0 Å². The Morgan fingerprint density at radius 2 is 1.37 bits per heavy atom. The van der Waals surface area contributed by atoms with Gasteiger partial charge < -0.3 is 4.57 Å². The minimum absolute atomic E-state index is 0.731. The Kier molecular flexibility index (Phi) is 3.95. The van der Waals surface area contributed by atoms with Crippen LogP contribution in [0.25, 0.3) is 0 Å². The normalized spacial score (nSPS) is 22.8. The summed E-state index contributed by atoms with van der Waals surface area (Å²) in [5.74, 6) is 2.87. The highest BCUT2D eigenvalue weighted by molar-refractivity contribution is 5.22. The topological polar surface area (TPSA) is 17.8 Å². The van der Waals surface area contributed by atoms with Crippen LogP contribution in [0.3, 0.4) is 0 Å². The van der Waals surface area contributed by atoms with Crippen molar-refractivity contribution >= 4 is 0 Å². The van der Waals surface area contributed by atoms with Crippen LogP contribution in [0.2, 0.25) is 0 Å². The number of hydrogen-bond acceptors (Lipinski definition) is 1. The highest BCUT2D eigenvalue weighted by atomic mass is 15.1. The molecule has 0 aromatic carbocycles. The fourth-order valence-corrected chi connectivity index (χ4v) is 4.11. The molecule has 0 N–H and O–H groups in total. The largest absolute Gasteiger partial charge is 0.335 e. The number of rotatable bonds is 2. The number of hydrogen-bond donors (Lipinski definition) is 0. The molecule has 2 heteroatoms. The summed E-state index contributed by atoms with van der Waals surface area (Å²) in [6.45, 7) is 2.28. The molecule has 1 heterocycles. The molecule has 19 heavy (non-hydrogen) atoms. The molecular formula is C17H28N2. The first-order chi connectivity index (χ1) is 9.27. The van der Waals surface area contributed by atoms with E-state index in [4.69, 9.17) is 4.98 Å². The standard InChI is InChI=1S/C17H28N2/c1-13-16(14-9-5-3-6-10-14)18-17(19(13)2)15-11-7-4-8-12-15/h14-15H,3-12H2,1-2H3. The molecule has 3 rings (SSSR count). The van der Waals surface area contributed by atoms with E-state index in [0.29, 0.717) is 0 Å². The maximum absolute atomic E-state index is 5.12. The second-order valence-electron chi connectivity index (χ2n) is 6.67. The fraction of sp³-hybridized carbons (Fsp3) is 0.824. The summed E-state index contributed by atoms with van der Waals surface area (Å²) in [4.78, 5) is 5.12. The second-order valence-corrected chi connectivity index (χ2v) is 6.67. The Morgan fingerprint density at radius 1 is 0.842 bits per heavy atom. The molecule has 2 aliphatic carbocycles. The lowest BCUT2D eigenvalue weighted by Gasteiger charge is -2.21. The minimum atomic E-state index is 0.731. The first-order valence-corrected chi connectivity index (χ1v) is 8.30. The van der Waals surface area contributed by atoms with E-state index < -0.39 is 0 Å². The molecular weight excluding hydrogens is 232 g/mol. The van der Waals surface area contributed by atoms with Crippen molar-refractivity contribution < 1.29 is 0 Å². The van der Waals surface area contributed by atoms with Crippen molar-refractivity contribution in [1.82, 2.24) is 9.55 Å². The van der Waals surface area contributed by atoms with Crippen molar-refractivity contribution in [3.8, 4) is 0 Å². The maximum Gasteiger partial charge on any atom is 0.112 e. The predicted molar refractivity (Wildman–Crippen MR) is 79.6 cm³/mol. The van der Waals surface area contributed by atoms with Crippen molar-refractivity contribution in [1.29, 1.82) is 0 Å². The molecule has 2 saturated carbocycles. The smallest absolute Gasteiger partial charge is 0.112 e. The summed E-state index contributed by atoms with van der Waals surface area (Å²) in [6, 6.07) is 0. The monoisotopic (exact) mass is 260 g/mol. The van der Waals surface area contributed by atoms with Crippen LogP contribution < -0.4 is 0 Å². The van der Waals surface area contributed by atoms with Crippen LogP contribution >= 0.6 is 0 Å². The van der Waals surface area contributed by atoms with Crippen LogP contribution in [0.4, 0.5) is 0 Å². The van der Waals surface area contributed by atoms with Crippen LogP contribution in [-0.2, 0) is 7.05 Å². The average molecular weight is 260 g/mol. The molecule has 2 fully saturated rings. The zero-order valence-electron chi connectivity index (χ0n) is 12.6. The Labute approximate surface area is 117 Å². The van der Waals surface area contributed by atoms with Crippen molar-refractivity contribution in [2.24, 2.45) is 7.05 Å². The van der Waals surface area contributed by atoms with Gasteiger partial charge in [0, 0.05) is 24.6 Å². The van der Waals surface area contributed by atoms with Gasteiger partial charge in [0.05, 0.1) is 5.69 Å². The van der Waals surface area contributed by atoms with Crippen molar-refractivity contribution in [3.63, 3.8) is 0 Å². The SMILES string of the molecule is Cc1c(C2CCCCC2)nc(C2CCCCC2)n1C. The molecule has 0 aliphatic heterocycles. The zero-order chi connectivity index (χ0) is 13.2. The van der Waals surface area contributed by atoms with Crippen molar-refractivity contribution in [2.45, 2.75) is 83.0 Å². The molecule has 0 unspecified atom stereocenters. The molecule has 0 atom stereocenters. The van der Waals surface area contributed by atoms with E-state index >= 15 is 0 Å². The van der Waals surface area contributed by atoms with Gasteiger partial charge in [-0.3, -0.25) is 0 Å². The lowest BCUT2D eigenvalue weighted by Crippen LogP contribution is -2.10. The first kappa shape index (κ1) is 13.2. The quantitative estimate of drug-likeness (QED) is 0.745. The van der Waals surface area contributed by atoms with Gasteiger partial charge in [0.15, 0.2) is 0 Å². The predicted octanol–water partition coefficient (Wildman–Crippen LogP) is 4.82. The molecule has 0 amide bonds. The van der Waals surface area contributed by atoms with E-state index in [-0.39, 0.29) is 0 Å². The minimum Gasteiger partial charge on any atom is -0.335 e. The van der Waals surface area contributed by atoms with E-state index in [1.165, 1.54) is 81.4 Å². The van der Waals surface area contributed by atoms with Crippen LogP contribution in [0.5, 0.6) is 0 Å². The van der Waals surface area contributed by atoms with Gasteiger partial charge in [-0.25, -0.2) is 4.98 Å². The molecule has 1 aromatic heterocycles. The molecule has 0 saturated heterocycles. The highest BCUT2D eigenvalue weighted by Gasteiger charge is 2.26. The number of imidazole rings is 1. The molecule has 2 aliphatic rings. The van der Waals surface area contributed by atoms with Gasteiger partial charge in [0.25, 0.3) is 0 Å². The summed E-state index contributed by atoms with van der Waals surface area (Å²) in [5, 5.41) is 0. The molecule has 0 bridgehead atoms. The molecule has 2 nitrogen and oxygen atoms in total. The Bertz CT molecular complexity index is 382. The average Bonchev–Trinajstić information content (AvgIpc) is 2.77. The molecule has 1 aromatic rings. The van der Waals surface area contributed by atoms with E-state index in [2.05, 4.69) is 18.5 Å². The van der Waals surface area contributed by atoms with Gasteiger partial charge in [-0.15, -0.1) is 0 Å². The third kappa shape index (κ3) is 2.59. The van der Waals surface area contributed by atoms with Gasteiger partial charge in [0.1, 0.15) is 5.82 Å². The van der Waals surface area contributed by atoms with Crippen molar-refractivity contribution in [2.75, 3.05) is 0 Å². The summed E-state index contributed by atoms with van der Waals surface area (Å²) in [7, 11) is 2.23. The fourth-order valence-electron chi connectivity index (χ4n) is 4.11. The number of aromatic nitrogens is 2. The Hall–Kier alpha value is -0.790. The second kappa shape index (κ2) is 5.68. The van der Waals surface area contributed by atoms with E-state index in [0.717, 1.165) is 11.8 Å². The maximum atomic E-state index is 5.12. The molecule has 0 spiro atoms. The van der Waals surface area contributed by atoms with Crippen LogP contribution in [0.15, 0.2) is 0 Å². The lowest BCUT2D eigenvalue weighted by molar-refractivity contribution is 0.417. The van der Waals surface area contributed by atoms with Gasteiger partial charge >= 0.3 is 0 Å². The van der Waals surface area contributed by atoms with Gasteiger partial charge in [-0.1, -0.05) is 38.5 Å². The lowest BCUT2D eigenvalue weighted by atomic mass is 9.86. The third-order valence-electron chi connectivity index (χ3n) is 5.41.